The predicted octanol–water partition coefficient (Wildman–Crippen LogP) is 1.51. The van der Waals surface area contributed by atoms with Crippen molar-refractivity contribution in [2.24, 2.45) is 0 Å². The standard InChI is InChI=1S/C15H17N5O2S/c1-4-19-13(21)9-8-16-14(23)18-12(9)20(19)11-7-5-6-10(17-11)15(2,3)22/h5-8,22H,4H2,1-3H3,(H,16,18,23). The number of hydrogen-bond donors (Lipinski definition) is 2. The van der Waals surface area contributed by atoms with E-state index in [4.69, 9.17) is 0 Å². The van der Waals surface area contributed by atoms with Crippen LogP contribution in [-0.4, -0.2) is 29.4 Å². The highest BCUT2D eigenvalue weighted by molar-refractivity contribution is 7.80. The molecular formula is C15H17N5O2S. The molecule has 0 saturated heterocycles. The van der Waals surface area contributed by atoms with Crippen molar-refractivity contribution in [1.29, 1.82) is 0 Å². The van der Waals surface area contributed by atoms with Crippen LogP contribution >= 0.6 is 12.6 Å². The molecule has 0 amide bonds. The van der Waals surface area contributed by atoms with E-state index in [1.165, 1.54) is 10.9 Å². The van der Waals surface area contributed by atoms with Crippen molar-refractivity contribution in [3.8, 4) is 5.82 Å². The molecule has 0 fully saturated rings. The fourth-order valence-electron chi connectivity index (χ4n) is 2.42. The molecule has 0 radical (unpaired) electrons. The van der Waals surface area contributed by atoms with Gasteiger partial charge in [-0.05, 0) is 32.9 Å². The van der Waals surface area contributed by atoms with E-state index >= 15 is 0 Å². The van der Waals surface area contributed by atoms with Crippen LogP contribution < -0.4 is 5.56 Å². The Bertz CT molecular complexity index is 939. The number of nitrogens with zero attached hydrogens (tertiary/aromatic N) is 5. The highest BCUT2D eigenvalue weighted by atomic mass is 32.1. The third-order valence-electron chi connectivity index (χ3n) is 3.54. The van der Waals surface area contributed by atoms with Crippen LogP contribution in [0.15, 0.2) is 34.3 Å². The van der Waals surface area contributed by atoms with Gasteiger partial charge in [0.05, 0.1) is 5.69 Å². The van der Waals surface area contributed by atoms with Crippen LogP contribution in [0.5, 0.6) is 0 Å². The molecule has 0 aliphatic carbocycles. The minimum Gasteiger partial charge on any atom is -0.384 e. The minimum atomic E-state index is -1.08. The number of pyridine rings is 1. The second-order valence-electron chi connectivity index (χ2n) is 5.68. The molecule has 120 valence electrons. The Hall–Kier alpha value is -2.19. The Morgan fingerprint density at radius 2 is 2.04 bits per heavy atom. The van der Waals surface area contributed by atoms with Crippen molar-refractivity contribution in [1.82, 2.24) is 24.3 Å². The van der Waals surface area contributed by atoms with Gasteiger partial charge in [0.15, 0.2) is 16.6 Å². The molecule has 7 nitrogen and oxygen atoms in total. The van der Waals surface area contributed by atoms with Crippen molar-refractivity contribution in [3.63, 3.8) is 0 Å². The summed E-state index contributed by atoms with van der Waals surface area (Å²) in [6.45, 7) is 5.64. The first kappa shape index (κ1) is 15.7. The minimum absolute atomic E-state index is 0.189. The highest BCUT2D eigenvalue weighted by Crippen LogP contribution is 2.20. The largest absolute Gasteiger partial charge is 0.384 e. The van der Waals surface area contributed by atoms with Crippen LogP contribution in [0.2, 0.25) is 0 Å². The number of hydrogen-bond acceptors (Lipinski definition) is 6. The lowest BCUT2D eigenvalue weighted by Gasteiger charge is -2.18. The molecule has 0 spiro atoms. The van der Waals surface area contributed by atoms with Crippen LogP contribution in [-0.2, 0) is 12.1 Å². The molecule has 3 rings (SSSR count). The monoisotopic (exact) mass is 331 g/mol. The van der Waals surface area contributed by atoms with Gasteiger partial charge < -0.3 is 5.11 Å². The van der Waals surface area contributed by atoms with Crippen LogP contribution in [0.25, 0.3) is 16.9 Å². The Balaban J connectivity index is 2.36. The normalized spacial score (nSPS) is 12.0. The van der Waals surface area contributed by atoms with Crippen LogP contribution in [0.4, 0.5) is 0 Å². The van der Waals surface area contributed by atoms with Gasteiger partial charge in [0, 0.05) is 12.7 Å². The maximum absolute atomic E-state index is 12.5. The molecule has 0 atom stereocenters. The maximum Gasteiger partial charge on any atom is 0.278 e. The van der Waals surface area contributed by atoms with Gasteiger partial charge in [-0.25, -0.2) is 24.3 Å². The Labute approximate surface area is 138 Å². The van der Waals surface area contributed by atoms with Gasteiger partial charge in [0.25, 0.3) is 5.56 Å². The van der Waals surface area contributed by atoms with E-state index in [0.717, 1.165) is 0 Å². The van der Waals surface area contributed by atoms with Crippen molar-refractivity contribution in [2.75, 3.05) is 0 Å². The predicted molar refractivity (Wildman–Crippen MR) is 89.1 cm³/mol. The van der Waals surface area contributed by atoms with Gasteiger partial charge in [-0.2, -0.15) is 0 Å². The third-order valence-corrected chi connectivity index (χ3v) is 3.76. The van der Waals surface area contributed by atoms with Gasteiger partial charge in [-0.3, -0.25) is 4.79 Å². The summed E-state index contributed by atoms with van der Waals surface area (Å²) in [7, 11) is 0. The molecule has 8 heteroatoms. The molecule has 0 bridgehead atoms. The summed E-state index contributed by atoms with van der Waals surface area (Å²) >= 11 is 4.15. The second-order valence-corrected chi connectivity index (χ2v) is 6.08. The van der Waals surface area contributed by atoms with Crippen molar-refractivity contribution >= 4 is 23.7 Å². The lowest BCUT2D eigenvalue weighted by molar-refractivity contribution is 0.0738. The molecule has 3 heterocycles. The van der Waals surface area contributed by atoms with E-state index in [2.05, 4.69) is 27.6 Å². The summed E-state index contributed by atoms with van der Waals surface area (Å²) in [6, 6.07) is 5.29. The zero-order valence-electron chi connectivity index (χ0n) is 13.1. The van der Waals surface area contributed by atoms with Crippen LogP contribution in [0.1, 0.15) is 26.5 Å². The summed E-state index contributed by atoms with van der Waals surface area (Å²) in [5, 5.41) is 10.9. The Morgan fingerprint density at radius 1 is 1.30 bits per heavy atom. The summed E-state index contributed by atoms with van der Waals surface area (Å²) in [6.07, 6.45) is 1.47. The molecule has 0 aromatic carbocycles. The van der Waals surface area contributed by atoms with Gasteiger partial charge in [-0.15, -0.1) is 12.6 Å². The number of thiol groups is 1. The molecule has 0 aliphatic rings. The van der Waals surface area contributed by atoms with E-state index in [1.807, 2.05) is 6.92 Å². The highest BCUT2D eigenvalue weighted by Gasteiger charge is 2.21. The van der Waals surface area contributed by atoms with E-state index in [-0.39, 0.29) is 10.7 Å². The number of rotatable bonds is 3. The molecule has 1 N–H and O–H groups in total. The fourth-order valence-corrected chi connectivity index (χ4v) is 2.57. The number of fused-ring (bicyclic) bond motifs is 1. The van der Waals surface area contributed by atoms with Gasteiger partial charge >= 0.3 is 0 Å². The topological polar surface area (TPSA) is 85.8 Å². The first-order valence-electron chi connectivity index (χ1n) is 7.20. The molecule has 3 aromatic heterocycles. The smallest absolute Gasteiger partial charge is 0.278 e. The molecular weight excluding hydrogens is 314 g/mol. The van der Waals surface area contributed by atoms with Crippen molar-refractivity contribution < 1.29 is 5.11 Å². The van der Waals surface area contributed by atoms with Gasteiger partial charge in [0.2, 0.25) is 0 Å². The van der Waals surface area contributed by atoms with E-state index in [1.54, 1.807) is 36.7 Å². The average Bonchev–Trinajstić information content (AvgIpc) is 2.78. The quantitative estimate of drug-likeness (QED) is 0.561. The Morgan fingerprint density at radius 3 is 2.70 bits per heavy atom. The van der Waals surface area contributed by atoms with Crippen LogP contribution in [0, 0.1) is 0 Å². The lowest BCUT2D eigenvalue weighted by atomic mass is 10.1. The van der Waals surface area contributed by atoms with E-state index in [0.29, 0.717) is 29.1 Å². The first-order valence-corrected chi connectivity index (χ1v) is 7.65. The maximum atomic E-state index is 12.5. The summed E-state index contributed by atoms with van der Waals surface area (Å²) in [5.74, 6) is 0.505. The van der Waals surface area contributed by atoms with E-state index in [9.17, 15) is 9.90 Å². The molecule has 23 heavy (non-hydrogen) atoms. The zero-order chi connectivity index (χ0) is 16.8. The van der Waals surface area contributed by atoms with Crippen molar-refractivity contribution in [3.05, 3.63) is 40.4 Å². The summed E-state index contributed by atoms with van der Waals surface area (Å²) < 4.78 is 3.16. The average molecular weight is 331 g/mol. The zero-order valence-corrected chi connectivity index (χ0v) is 13.9. The first-order chi connectivity index (χ1) is 10.8. The Kier molecular flexibility index (Phi) is 3.73. The number of aliphatic hydroxyl groups is 1. The molecule has 0 unspecified atom stereocenters. The van der Waals surface area contributed by atoms with Gasteiger partial charge in [-0.1, -0.05) is 6.07 Å². The molecule has 0 aliphatic heterocycles. The number of aromatic nitrogens is 5. The summed E-state index contributed by atoms with van der Waals surface area (Å²) in [5.41, 5.74) is -0.323. The lowest BCUT2D eigenvalue weighted by Crippen LogP contribution is -2.23. The second kappa shape index (κ2) is 5.47. The molecule has 0 saturated carbocycles. The van der Waals surface area contributed by atoms with E-state index < -0.39 is 5.60 Å². The van der Waals surface area contributed by atoms with Crippen LogP contribution in [0.3, 0.4) is 0 Å². The molecule has 3 aromatic rings. The van der Waals surface area contributed by atoms with Crippen molar-refractivity contribution in [2.45, 2.75) is 38.1 Å². The summed E-state index contributed by atoms with van der Waals surface area (Å²) in [4.78, 5) is 25.2. The SMILES string of the molecule is CCn1c(=O)c2cnc(S)nc2n1-c1cccc(C(C)(C)O)n1. The fraction of sp³-hybridized carbons (Fsp3) is 0.333. The third kappa shape index (κ3) is 2.64. The van der Waals surface area contributed by atoms with Gasteiger partial charge in [0.1, 0.15) is 11.0 Å².